The molecule has 2 nitrogen and oxygen atoms in total. The lowest BCUT2D eigenvalue weighted by Gasteiger charge is -2.30. The summed E-state index contributed by atoms with van der Waals surface area (Å²) in [5, 5.41) is 4.11. The smallest absolute Gasteiger partial charge is 0.157 e. The van der Waals surface area contributed by atoms with Crippen LogP contribution in [0, 0.1) is 5.82 Å². The molecule has 3 rings (SSSR count). The number of oxime groups is 1. The van der Waals surface area contributed by atoms with Gasteiger partial charge < -0.3 is 4.84 Å². The lowest BCUT2D eigenvalue weighted by atomic mass is 9.87. The number of hydrogen-bond donors (Lipinski definition) is 0. The molecule has 0 aliphatic carbocycles. The van der Waals surface area contributed by atoms with Crippen molar-refractivity contribution in [1.82, 2.24) is 0 Å². The molecule has 0 saturated heterocycles. The molecule has 3 heteroatoms. The second-order valence-electron chi connectivity index (χ2n) is 5.55. The van der Waals surface area contributed by atoms with Crippen LogP contribution in [0.4, 0.5) is 4.39 Å². The van der Waals surface area contributed by atoms with Crippen molar-refractivity contribution in [2.45, 2.75) is 26.4 Å². The van der Waals surface area contributed by atoms with Crippen molar-refractivity contribution in [1.29, 1.82) is 0 Å². The van der Waals surface area contributed by atoms with Crippen LogP contribution >= 0.6 is 0 Å². The fourth-order valence-corrected chi connectivity index (χ4v) is 2.46. The first-order valence-electron chi connectivity index (χ1n) is 6.61. The van der Waals surface area contributed by atoms with Crippen molar-refractivity contribution in [3.8, 4) is 11.1 Å². The standard InChI is InChI=1S/C17H16FNO/c1-11-15-9-6-13(12-4-7-14(18)8-5-12)10-16(15)17(2,3)20-19-11/h4-10H,1-3H3. The molecule has 1 aliphatic heterocycles. The van der Waals surface area contributed by atoms with Crippen LogP contribution in [0.15, 0.2) is 47.6 Å². The second kappa shape index (κ2) is 4.44. The third-order valence-electron chi connectivity index (χ3n) is 3.65. The first kappa shape index (κ1) is 12.9. The number of fused-ring (bicyclic) bond motifs is 1. The molecule has 1 aliphatic rings. The Hall–Kier alpha value is -2.16. The first-order chi connectivity index (χ1) is 9.47. The fraction of sp³-hybridized carbons (Fsp3) is 0.235. The molecule has 0 aromatic heterocycles. The van der Waals surface area contributed by atoms with Gasteiger partial charge in [-0.25, -0.2) is 4.39 Å². The van der Waals surface area contributed by atoms with E-state index in [1.54, 1.807) is 12.1 Å². The number of hydrogen-bond acceptors (Lipinski definition) is 2. The summed E-state index contributed by atoms with van der Waals surface area (Å²) < 4.78 is 13.0. The maximum absolute atomic E-state index is 13.0. The van der Waals surface area contributed by atoms with E-state index in [1.807, 2.05) is 26.8 Å². The summed E-state index contributed by atoms with van der Waals surface area (Å²) >= 11 is 0. The average Bonchev–Trinajstić information content (AvgIpc) is 2.44. The van der Waals surface area contributed by atoms with Gasteiger partial charge in [0.05, 0.1) is 5.71 Å². The normalized spacial score (nSPS) is 16.1. The summed E-state index contributed by atoms with van der Waals surface area (Å²) in [6, 6.07) is 12.7. The minimum Gasteiger partial charge on any atom is -0.385 e. The topological polar surface area (TPSA) is 21.6 Å². The van der Waals surface area contributed by atoms with E-state index >= 15 is 0 Å². The fourth-order valence-electron chi connectivity index (χ4n) is 2.46. The van der Waals surface area contributed by atoms with Gasteiger partial charge in [-0.2, -0.15) is 0 Å². The largest absolute Gasteiger partial charge is 0.385 e. The van der Waals surface area contributed by atoms with Gasteiger partial charge in [0.15, 0.2) is 5.60 Å². The summed E-state index contributed by atoms with van der Waals surface area (Å²) in [6.07, 6.45) is 0. The van der Waals surface area contributed by atoms with Gasteiger partial charge in [0.2, 0.25) is 0 Å². The maximum Gasteiger partial charge on any atom is 0.157 e. The quantitative estimate of drug-likeness (QED) is 0.748. The summed E-state index contributed by atoms with van der Waals surface area (Å²) in [6.45, 7) is 5.93. The van der Waals surface area contributed by atoms with Crippen LogP contribution in [0.1, 0.15) is 31.9 Å². The molecule has 0 unspecified atom stereocenters. The van der Waals surface area contributed by atoms with Crippen molar-refractivity contribution in [3.63, 3.8) is 0 Å². The van der Waals surface area contributed by atoms with Crippen molar-refractivity contribution in [2.24, 2.45) is 5.16 Å². The Morgan fingerprint density at radius 3 is 2.35 bits per heavy atom. The van der Waals surface area contributed by atoms with Gasteiger partial charge >= 0.3 is 0 Å². The Morgan fingerprint density at radius 2 is 1.65 bits per heavy atom. The van der Waals surface area contributed by atoms with Gasteiger partial charge in [-0.1, -0.05) is 29.4 Å². The SMILES string of the molecule is CC1=NOC(C)(C)c2cc(-c3ccc(F)cc3)ccc21. The zero-order chi connectivity index (χ0) is 14.3. The Kier molecular flexibility index (Phi) is 2.85. The van der Waals surface area contributed by atoms with Crippen LogP contribution in [0.3, 0.4) is 0 Å². The van der Waals surface area contributed by atoms with E-state index in [2.05, 4.69) is 17.3 Å². The van der Waals surface area contributed by atoms with E-state index in [4.69, 9.17) is 4.84 Å². The molecule has 0 N–H and O–H groups in total. The third kappa shape index (κ3) is 2.09. The second-order valence-corrected chi connectivity index (χ2v) is 5.55. The highest BCUT2D eigenvalue weighted by atomic mass is 19.1. The number of nitrogens with zero attached hydrogens (tertiary/aromatic N) is 1. The van der Waals surface area contributed by atoms with Crippen molar-refractivity contribution in [2.75, 3.05) is 0 Å². The van der Waals surface area contributed by atoms with Crippen molar-refractivity contribution >= 4 is 5.71 Å². The molecule has 20 heavy (non-hydrogen) atoms. The van der Waals surface area contributed by atoms with Crippen molar-refractivity contribution < 1.29 is 9.23 Å². The zero-order valence-electron chi connectivity index (χ0n) is 11.8. The van der Waals surface area contributed by atoms with Crippen LogP contribution in [-0.2, 0) is 10.4 Å². The monoisotopic (exact) mass is 269 g/mol. The summed E-state index contributed by atoms with van der Waals surface area (Å²) in [4.78, 5) is 5.54. The highest BCUT2D eigenvalue weighted by Gasteiger charge is 2.30. The van der Waals surface area contributed by atoms with Gasteiger partial charge in [0.25, 0.3) is 0 Å². The maximum atomic E-state index is 13.0. The molecule has 0 bridgehead atoms. The summed E-state index contributed by atoms with van der Waals surface area (Å²) in [5.74, 6) is -0.224. The van der Waals surface area contributed by atoms with Gasteiger partial charge in [0, 0.05) is 11.1 Å². The van der Waals surface area contributed by atoms with E-state index in [0.29, 0.717) is 0 Å². The van der Waals surface area contributed by atoms with E-state index < -0.39 is 5.60 Å². The van der Waals surface area contributed by atoms with E-state index in [1.165, 1.54) is 12.1 Å². The molecule has 0 spiro atoms. The number of halogens is 1. The highest BCUT2D eigenvalue weighted by molar-refractivity contribution is 6.01. The lowest BCUT2D eigenvalue weighted by molar-refractivity contribution is -0.0226. The van der Waals surface area contributed by atoms with Gasteiger partial charge in [0.1, 0.15) is 5.82 Å². The number of rotatable bonds is 1. The van der Waals surface area contributed by atoms with Crippen LogP contribution in [-0.4, -0.2) is 5.71 Å². The Bertz CT molecular complexity index is 687. The van der Waals surface area contributed by atoms with E-state index in [9.17, 15) is 4.39 Å². The predicted octanol–water partition coefficient (Wildman–Crippen LogP) is 4.48. The van der Waals surface area contributed by atoms with Gasteiger partial charge in [-0.05, 0) is 50.1 Å². The Balaban J connectivity index is 2.13. The first-order valence-corrected chi connectivity index (χ1v) is 6.61. The molecular formula is C17H16FNO. The minimum absolute atomic E-state index is 0.224. The highest BCUT2D eigenvalue weighted by Crippen LogP contribution is 2.35. The Morgan fingerprint density at radius 1 is 1.00 bits per heavy atom. The van der Waals surface area contributed by atoms with Crippen LogP contribution in [0.25, 0.3) is 11.1 Å². The van der Waals surface area contributed by atoms with Crippen LogP contribution in [0.5, 0.6) is 0 Å². The lowest BCUT2D eigenvalue weighted by Crippen LogP contribution is -2.26. The molecule has 0 atom stereocenters. The molecule has 0 fully saturated rings. The third-order valence-corrected chi connectivity index (χ3v) is 3.65. The summed E-state index contributed by atoms with van der Waals surface area (Å²) in [5.41, 5.74) is 4.68. The molecule has 2 aromatic carbocycles. The summed E-state index contributed by atoms with van der Waals surface area (Å²) in [7, 11) is 0. The predicted molar refractivity (Wildman–Crippen MR) is 78.2 cm³/mol. The molecule has 2 aromatic rings. The van der Waals surface area contributed by atoms with E-state index in [-0.39, 0.29) is 5.82 Å². The van der Waals surface area contributed by atoms with Crippen LogP contribution in [0.2, 0.25) is 0 Å². The van der Waals surface area contributed by atoms with Crippen molar-refractivity contribution in [3.05, 3.63) is 59.4 Å². The zero-order valence-corrected chi connectivity index (χ0v) is 11.8. The van der Waals surface area contributed by atoms with Gasteiger partial charge in [-0.3, -0.25) is 0 Å². The van der Waals surface area contributed by atoms with Crippen LogP contribution < -0.4 is 0 Å². The molecule has 0 amide bonds. The Labute approximate surface area is 117 Å². The van der Waals surface area contributed by atoms with E-state index in [0.717, 1.165) is 28.0 Å². The minimum atomic E-state index is -0.453. The molecule has 1 heterocycles. The molecular weight excluding hydrogens is 253 g/mol. The number of benzene rings is 2. The molecule has 102 valence electrons. The van der Waals surface area contributed by atoms with Gasteiger partial charge in [-0.15, -0.1) is 0 Å². The molecule has 0 radical (unpaired) electrons. The molecule has 0 saturated carbocycles. The average molecular weight is 269 g/mol.